The van der Waals surface area contributed by atoms with Crippen LogP contribution in [0, 0.1) is 0 Å². The summed E-state index contributed by atoms with van der Waals surface area (Å²) in [5.74, 6) is -0.453. The summed E-state index contributed by atoms with van der Waals surface area (Å²) in [5, 5.41) is 0. The van der Waals surface area contributed by atoms with Crippen LogP contribution in [0.1, 0.15) is 24.0 Å². The lowest BCUT2D eigenvalue weighted by atomic mass is 9.99. The Morgan fingerprint density at radius 1 is 1.57 bits per heavy atom. The van der Waals surface area contributed by atoms with Crippen LogP contribution in [-0.4, -0.2) is 13.1 Å². The van der Waals surface area contributed by atoms with Crippen LogP contribution in [0.25, 0.3) is 0 Å². The summed E-state index contributed by atoms with van der Waals surface area (Å²) in [6.45, 7) is 2.31. The minimum Gasteiger partial charge on any atom is -0.469 e. The van der Waals surface area contributed by atoms with Crippen LogP contribution in [0.2, 0.25) is 0 Å². The standard InChI is InChI=1S/C11H15NO2/c1-8(11(13)14-2)10-5-3-4-9(6-10)7-12/h3-6,8H,7,12H2,1-2H3/t8-/m0/s1. The summed E-state index contributed by atoms with van der Waals surface area (Å²) in [5.41, 5.74) is 7.48. The zero-order valence-electron chi connectivity index (χ0n) is 8.49. The molecule has 0 aromatic heterocycles. The van der Waals surface area contributed by atoms with Gasteiger partial charge in [0, 0.05) is 6.54 Å². The first-order valence-electron chi connectivity index (χ1n) is 4.55. The van der Waals surface area contributed by atoms with E-state index in [1.54, 1.807) is 0 Å². The molecule has 0 saturated heterocycles. The number of carbonyl (C=O) groups excluding carboxylic acids is 1. The number of carbonyl (C=O) groups is 1. The molecule has 76 valence electrons. The fourth-order valence-corrected chi connectivity index (χ4v) is 1.30. The van der Waals surface area contributed by atoms with Crippen molar-refractivity contribution >= 4 is 5.97 Å². The van der Waals surface area contributed by atoms with E-state index in [1.165, 1.54) is 7.11 Å². The molecule has 1 aromatic rings. The molecule has 1 atom stereocenters. The van der Waals surface area contributed by atoms with Gasteiger partial charge in [0.15, 0.2) is 0 Å². The molecule has 0 unspecified atom stereocenters. The Morgan fingerprint density at radius 2 is 2.29 bits per heavy atom. The van der Waals surface area contributed by atoms with Gasteiger partial charge in [0.25, 0.3) is 0 Å². The molecule has 1 rings (SSSR count). The molecule has 2 N–H and O–H groups in total. The number of esters is 1. The van der Waals surface area contributed by atoms with E-state index in [4.69, 9.17) is 5.73 Å². The maximum Gasteiger partial charge on any atom is 0.312 e. The highest BCUT2D eigenvalue weighted by Crippen LogP contribution is 2.17. The van der Waals surface area contributed by atoms with Crippen LogP contribution >= 0.6 is 0 Å². The van der Waals surface area contributed by atoms with Gasteiger partial charge in [0.05, 0.1) is 13.0 Å². The summed E-state index contributed by atoms with van der Waals surface area (Å²) < 4.78 is 4.67. The molecule has 0 saturated carbocycles. The second-order valence-corrected chi connectivity index (χ2v) is 3.19. The van der Waals surface area contributed by atoms with E-state index >= 15 is 0 Å². The van der Waals surface area contributed by atoms with Gasteiger partial charge in [-0.2, -0.15) is 0 Å². The summed E-state index contributed by atoms with van der Waals surface area (Å²) in [6.07, 6.45) is 0. The van der Waals surface area contributed by atoms with Crippen molar-refractivity contribution in [2.45, 2.75) is 19.4 Å². The molecule has 0 fully saturated rings. The molecule has 14 heavy (non-hydrogen) atoms. The Morgan fingerprint density at radius 3 is 2.86 bits per heavy atom. The van der Waals surface area contributed by atoms with E-state index in [0.717, 1.165) is 11.1 Å². The molecule has 3 heteroatoms. The zero-order chi connectivity index (χ0) is 10.6. The molecule has 0 aliphatic rings. The van der Waals surface area contributed by atoms with Crippen molar-refractivity contribution in [3.05, 3.63) is 35.4 Å². The lowest BCUT2D eigenvalue weighted by Gasteiger charge is -2.10. The molecular weight excluding hydrogens is 178 g/mol. The van der Waals surface area contributed by atoms with E-state index in [9.17, 15) is 4.79 Å². The van der Waals surface area contributed by atoms with Crippen molar-refractivity contribution in [2.75, 3.05) is 7.11 Å². The first kappa shape index (κ1) is 10.7. The second kappa shape index (κ2) is 4.77. The maximum atomic E-state index is 11.3. The van der Waals surface area contributed by atoms with E-state index in [2.05, 4.69) is 4.74 Å². The normalized spacial score (nSPS) is 12.2. The summed E-state index contributed by atoms with van der Waals surface area (Å²) in [7, 11) is 1.39. The predicted molar refractivity (Wildman–Crippen MR) is 54.8 cm³/mol. The Balaban J connectivity index is 2.89. The SMILES string of the molecule is COC(=O)[C@@H](C)c1cccc(CN)c1. The molecule has 0 aliphatic carbocycles. The lowest BCUT2D eigenvalue weighted by Crippen LogP contribution is -2.11. The fourth-order valence-electron chi connectivity index (χ4n) is 1.30. The summed E-state index contributed by atoms with van der Waals surface area (Å²) >= 11 is 0. The number of nitrogens with two attached hydrogens (primary N) is 1. The van der Waals surface area contributed by atoms with Gasteiger partial charge in [-0.1, -0.05) is 24.3 Å². The van der Waals surface area contributed by atoms with Gasteiger partial charge in [-0.25, -0.2) is 0 Å². The lowest BCUT2D eigenvalue weighted by molar-refractivity contribution is -0.141. The monoisotopic (exact) mass is 193 g/mol. The van der Waals surface area contributed by atoms with Crippen LogP contribution in [0.5, 0.6) is 0 Å². The highest BCUT2D eigenvalue weighted by atomic mass is 16.5. The number of benzene rings is 1. The van der Waals surface area contributed by atoms with Gasteiger partial charge in [0.1, 0.15) is 0 Å². The number of hydrogen-bond acceptors (Lipinski definition) is 3. The van der Waals surface area contributed by atoms with Gasteiger partial charge in [-0.3, -0.25) is 4.79 Å². The third-order valence-electron chi connectivity index (χ3n) is 2.24. The minimum absolute atomic E-state index is 0.223. The van der Waals surface area contributed by atoms with Gasteiger partial charge in [-0.15, -0.1) is 0 Å². The number of methoxy groups -OCH3 is 1. The van der Waals surface area contributed by atoms with Gasteiger partial charge >= 0.3 is 5.97 Å². The largest absolute Gasteiger partial charge is 0.469 e. The van der Waals surface area contributed by atoms with Gasteiger partial charge in [-0.05, 0) is 18.1 Å². The molecule has 0 heterocycles. The third kappa shape index (κ3) is 2.33. The molecule has 0 amide bonds. The molecular formula is C11H15NO2. The number of ether oxygens (including phenoxy) is 1. The maximum absolute atomic E-state index is 11.3. The highest BCUT2D eigenvalue weighted by Gasteiger charge is 2.15. The Labute approximate surface area is 83.9 Å². The number of rotatable bonds is 3. The molecule has 3 nitrogen and oxygen atoms in total. The van der Waals surface area contributed by atoms with E-state index in [0.29, 0.717) is 6.54 Å². The molecule has 0 spiro atoms. The number of hydrogen-bond donors (Lipinski definition) is 1. The van der Waals surface area contributed by atoms with Crippen LogP contribution in [-0.2, 0) is 16.1 Å². The molecule has 0 aliphatic heterocycles. The van der Waals surface area contributed by atoms with E-state index in [1.807, 2.05) is 31.2 Å². The zero-order valence-corrected chi connectivity index (χ0v) is 8.49. The fraction of sp³-hybridized carbons (Fsp3) is 0.364. The van der Waals surface area contributed by atoms with Crippen molar-refractivity contribution in [3.8, 4) is 0 Å². The Bertz CT molecular complexity index is 323. The van der Waals surface area contributed by atoms with Crippen molar-refractivity contribution in [2.24, 2.45) is 5.73 Å². The minimum atomic E-state index is -0.230. The molecule has 0 bridgehead atoms. The topological polar surface area (TPSA) is 52.3 Å². The Kier molecular flexibility index (Phi) is 3.65. The highest BCUT2D eigenvalue weighted by molar-refractivity contribution is 5.77. The van der Waals surface area contributed by atoms with Crippen molar-refractivity contribution in [1.82, 2.24) is 0 Å². The van der Waals surface area contributed by atoms with Crippen LogP contribution < -0.4 is 5.73 Å². The van der Waals surface area contributed by atoms with Crippen LogP contribution in [0.15, 0.2) is 24.3 Å². The average Bonchev–Trinajstić information content (AvgIpc) is 2.27. The van der Waals surface area contributed by atoms with Gasteiger partial charge < -0.3 is 10.5 Å². The van der Waals surface area contributed by atoms with E-state index in [-0.39, 0.29) is 11.9 Å². The van der Waals surface area contributed by atoms with Crippen molar-refractivity contribution in [1.29, 1.82) is 0 Å². The quantitative estimate of drug-likeness (QED) is 0.739. The average molecular weight is 193 g/mol. The smallest absolute Gasteiger partial charge is 0.312 e. The molecule has 0 radical (unpaired) electrons. The first-order valence-corrected chi connectivity index (χ1v) is 4.55. The predicted octanol–water partition coefficient (Wildman–Crippen LogP) is 1.42. The second-order valence-electron chi connectivity index (χ2n) is 3.19. The molecule has 1 aromatic carbocycles. The van der Waals surface area contributed by atoms with E-state index < -0.39 is 0 Å². The van der Waals surface area contributed by atoms with Gasteiger partial charge in [0.2, 0.25) is 0 Å². The van der Waals surface area contributed by atoms with Crippen molar-refractivity contribution in [3.63, 3.8) is 0 Å². The van der Waals surface area contributed by atoms with Crippen LogP contribution in [0.4, 0.5) is 0 Å². The van der Waals surface area contributed by atoms with Crippen LogP contribution in [0.3, 0.4) is 0 Å². The third-order valence-corrected chi connectivity index (χ3v) is 2.24. The first-order chi connectivity index (χ1) is 6.69. The Hall–Kier alpha value is -1.35. The summed E-state index contributed by atoms with van der Waals surface area (Å²) in [6, 6.07) is 7.67. The van der Waals surface area contributed by atoms with Crippen molar-refractivity contribution < 1.29 is 9.53 Å². The summed E-state index contributed by atoms with van der Waals surface area (Å²) in [4.78, 5) is 11.3.